The average molecular weight is 456 g/mol. The number of amides is 2. The van der Waals surface area contributed by atoms with Crippen LogP contribution in [0.15, 0.2) is 30.6 Å². The van der Waals surface area contributed by atoms with Gasteiger partial charge in [0.1, 0.15) is 11.4 Å². The van der Waals surface area contributed by atoms with Crippen LogP contribution >= 0.6 is 0 Å². The Morgan fingerprint density at radius 3 is 2.73 bits per heavy atom. The SMILES string of the molecule is CC(C)(C)OC(=O)NC1CC(C(=O)N2CCC[C@@H](COc3ccc(-c4ccn[nH]4)nc3)C2)C1. The summed E-state index contributed by atoms with van der Waals surface area (Å²) < 4.78 is 11.3. The minimum absolute atomic E-state index is 0.00921. The highest BCUT2D eigenvalue weighted by molar-refractivity contribution is 5.80. The van der Waals surface area contributed by atoms with Crippen LogP contribution in [0.25, 0.3) is 11.4 Å². The second-order valence-corrected chi connectivity index (χ2v) is 9.96. The summed E-state index contributed by atoms with van der Waals surface area (Å²) >= 11 is 0. The molecule has 2 fully saturated rings. The molecular formula is C24H33N5O4. The number of piperidine rings is 1. The zero-order valence-corrected chi connectivity index (χ0v) is 19.5. The third-order valence-corrected chi connectivity index (χ3v) is 6.04. The van der Waals surface area contributed by atoms with Crippen LogP contribution in [0.4, 0.5) is 4.79 Å². The van der Waals surface area contributed by atoms with Crippen LogP contribution in [0.1, 0.15) is 46.5 Å². The molecule has 0 radical (unpaired) electrons. The summed E-state index contributed by atoms with van der Waals surface area (Å²) in [5.74, 6) is 1.18. The number of aromatic amines is 1. The van der Waals surface area contributed by atoms with E-state index in [1.807, 2.05) is 43.9 Å². The van der Waals surface area contributed by atoms with Gasteiger partial charge in [-0.25, -0.2) is 4.79 Å². The molecule has 0 aromatic carbocycles. The molecule has 1 aliphatic carbocycles. The standard InChI is InChI=1S/C24H33N5O4/c1-24(2,3)33-23(31)27-18-11-17(12-18)22(30)29-10-4-5-16(14-29)15-32-19-6-7-20(25-13-19)21-8-9-26-28-21/h6-9,13,16-18H,4-5,10-12,14-15H2,1-3H3,(H,26,28)(H,27,31)/t16-,17?,18?/m1/s1. The molecule has 1 atom stereocenters. The number of ether oxygens (including phenoxy) is 2. The van der Waals surface area contributed by atoms with Crippen molar-refractivity contribution in [3.63, 3.8) is 0 Å². The number of carbonyl (C=O) groups excluding carboxylic acids is 2. The van der Waals surface area contributed by atoms with Crippen molar-refractivity contribution in [3.05, 3.63) is 30.6 Å². The number of likely N-dealkylation sites (tertiary alicyclic amines) is 1. The van der Waals surface area contributed by atoms with Crippen molar-refractivity contribution in [3.8, 4) is 17.1 Å². The highest BCUT2D eigenvalue weighted by Gasteiger charge is 2.39. The topological polar surface area (TPSA) is 109 Å². The van der Waals surface area contributed by atoms with E-state index in [0.29, 0.717) is 31.9 Å². The first-order valence-electron chi connectivity index (χ1n) is 11.6. The maximum absolute atomic E-state index is 12.9. The summed E-state index contributed by atoms with van der Waals surface area (Å²) in [5, 5.41) is 9.69. The number of hydrogen-bond donors (Lipinski definition) is 2. The largest absolute Gasteiger partial charge is 0.492 e. The van der Waals surface area contributed by atoms with Crippen molar-refractivity contribution < 1.29 is 19.1 Å². The van der Waals surface area contributed by atoms with Gasteiger partial charge in [0.05, 0.1) is 24.2 Å². The van der Waals surface area contributed by atoms with E-state index in [2.05, 4.69) is 20.5 Å². The van der Waals surface area contributed by atoms with Crippen molar-refractivity contribution >= 4 is 12.0 Å². The van der Waals surface area contributed by atoms with Gasteiger partial charge in [-0.05, 0) is 64.7 Å². The number of alkyl carbamates (subject to hydrolysis) is 1. The van der Waals surface area contributed by atoms with Gasteiger partial charge in [-0.1, -0.05) is 0 Å². The van der Waals surface area contributed by atoms with Gasteiger partial charge >= 0.3 is 6.09 Å². The van der Waals surface area contributed by atoms with E-state index in [0.717, 1.165) is 36.5 Å². The molecule has 1 aliphatic heterocycles. The van der Waals surface area contributed by atoms with E-state index in [4.69, 9.17) is 9.47 Å². The lowest BCUT2D eigenvalue weighted by atomic mass is 9.79. The monoisotopic (exact) mass is 455 g/mol. The first-order valence-corrected chi connectivity index (χ1v) is 11.6. The molecule has 0 unspecified atom stereocenters. The van der Waals surface area contributed by atoms with Gasteiger partial charge in [0.25, 0.3) is 0 Å². The first kappa shape index (κ1) is 23.1. The molecule has 33 heavy (non-hydrogen) atoms. The van der Waals surface area contributed by atoms with Gasteiger partial charge in [0.15, 0.2) is 0 Å². The van der Waals surface area contributed by atoms with Crippen molar-refractivity contribution in [2.24, 2.45) is 11.8 Å². The van der Waals surface area contributed by atoms with Crippen LogP contribution in [-0.2, 0) is 9.53 Å². The molecule has 9 nitrogen and oxygen atoms in total. The normalized spacial score (nSPS) is 22.9. The Kier molecular flexibility index (Phi) is 6.85. The zero-order chi connectivity index (χ0) is 23.4. The molecule has 1 saturated carbocycles. The number of H-pyrrole nitrogens is 1. The van der Waals surface area contributed by atoms with E-state index >= 15 is 0 Å². The summed E-state index contributed by atoms with van der Waals surface area (Å²) in [4.78, 5) is 31.2. The van der Waals surface area contributed by atoms with Gasteiger partial charge < -0.3 is 19.7 Å². The Morgan fingerprint density at radius 2 is 2.06 bits per heavy atom. The van der Waals surface area contributed by atoms with Crippen molar-refractivity contribution in [2.75, 3.05) is 19.7 Å². The number of nitrogens with one attached hydrogen (secondary N) is 2. The average Bonchev–Trinajstić information content (AvgIpc) is 3.28. The van der Waals surface area contributed by atoms with Crippen LogP contribution in [0.5, 0.6) is 5.75 Å². The van der Waals surface area contributed by atoms with Crippen LogP contribution in [-0.4, -0.2) is 63.4 Å². The molecule has 0 bridgehead atoms. The fraction of sp³-hybridized carbons (Fsp3) is 0.583. The van der Waals surface area contributed by atoms with E-state index in [1.165, 1.54) is 0 Å². The molecule has 0 spiro atoms. The lowest BCUT2D eigenvalue weighted by Gasteiger charge is -2.40. The highest BCUT2D eigenvalue weighted by Crippen LogP contribution is 2.31. The molecule has 2 N–H and O–H groups in total. The van der Waals surface area contributed by atoms with Crippen LogP contribution in [0.3, 0.4) is 0 Å². The third-order valence-electron chi connectivity index (χ3n) is 6.04. The quantitative estimate of drug-likeness (QED) is 0.691. The molecule has 2 amide bonds. The number of rotatable bonds is 6. The predicted molar refractivity (Wildman–Crippen MR) is 122 cm³/mol. The number of carbonyl (C=O) groups is 2. The highest BCUT2D eigenvalue weighted by atomic mass is 16.6. The minimum Gasteiger partial charge on any atom is -0.492 e. The van der Waals surface area contributed by atoms with Crippen LogP contribution in [0, 0.1) is 11.8 Å². The molecule has 9 heteroatoms. The van der Waals surface area contributed by atoms with E-state index in [9.17, 15) is 9.59 Å². The van der Waals surface area contributed by atoms with Gasteiger partial charge in [-0.3, -0.25) is 14.9 Å². The maximum atomic E-state index is 12.9. The fourth-order valence-electron chi connectivity index (χ4n) is 4.31. The first-order chi connectivity index (χ1) is 15.8. The van der Waals surface area contributed by atoms with Crippen LogP contribution < -0.4 is 10.1 Å². The number of nitrogens with zero attached hydrogens (tertiary/aromatic N) is 3. The van der Waals surface area contributed by atoms with Crippen molar-refractivity contribution in [1.29, 1.82) is 0 Å². The summed E-state index contributed by atoms with van der Waals surface area (Å²) in [6.07, 6.45) is 6.35. The molecule has 1 saturated heterocycles. The number of hydrogen-bond acceptors (Lipinski definition) is 6. The van der Waals surface area contributed by atoms with Gasteiger partial charge in [-0.2, -0.15) is 5.10 Å². The Bertz CT molecular complexity index is 933. The molecular weight excluding hydrogens is 422 g/mol. The smallest absolute Gasteiger partial charge is 0.407 e. The van der Waals surface area contributed by atoms with Crippen molar-refractivity contribution in [1.82, 2.24) is 25.4 Å². The number of pyridine rings is 1. The van der Waals surface area contributed by atoms with Crippen molar-refractivity contribution in [2.45, 2.75) is 58.1 Å². The van der Waals surface area contributed by atoms with Gasteiger partial charge in [0.2, 0.25) is 5.91 Å². The molecule has 3 heterocycles. The fourth-order valence-corrected chi connectivity index (χ4v) is 4.31. The van der Waals surface area contributed by atoms with Crippen LogP contribution in [0.2, 0.25) is 0 Å². The van der Waals surface area contributed by atoms with E-state index in [1.54, 1.807) is 12.4 Å². The minimum atomic E-state index is -0.522. The second-order valence-electron chi connectivity index (χ2n) is 9.96. The third kappa shape index (κ3) is 6.24. The Morgan fingerprint density at radius 1 is 1.24 bits per heavy atom. The summed E-state index contributed by atoms with van der Waals surface area (Å²) in [6, 6.07) is 5.68. The summed E-state index contributed by atoms with van der Waals surface area (Å²) in [5.41, 5.74) is 1.16. The molecule has 2 aromatic rings. The van der Waals surface area contributed by atoms with E-state index in [-0.39, 0.29) is 17.9 Å². The zero-order valence-electron chi connectivity index (χ0n) is 19.5. The predicted octanol–water partition coefficient (Wildman–Crippen LogP) is 3.39. The van der Waals surface area contributed by atoms with E-state index < -0.39 is 11.7 Å². The summed E-state index contributed by atoms with van der Waals surface area (Å²) in [6.45, 7) is 7.56. The lowest BCUT2D eigenvalue weighted by molar-refractivity contribution is -0.141. The number of aromatic nitrogens is 3. The summed E-state index contributed by atoms with van der Waals surface area (Å²) in [7, 11) is 0. The van der Waals surface area contributed by atoms with Gasteiger partial charge in [0, 0.05) is 37.2 Å². The van der Waals surface area contributed by atoms with Gasteiger partial charge in [-0.15, -0.1) is 0 Å². The Balaban J connectivity index is 1.20. The molecule has 4 rings (SSSR count). The molecule has 178 valence electrons. The second kappa shape index (κ2) is 9.80. The lowest BCUT2D eigenvalue weighted by Crippen LogP contribution is -2.52. The Hall–Kier alpha value is -3.10. The molecule has 2 aromatic heterocycles. The maximum Gasteiger partial charge on any atom is 0.407 e. The Labute approximate surface area is 194 Å². The molecule has 2 aliphatic rings.